The molecule has 0 saturated carbocycles. The van der Waals surface area contributed by atoms with Crippen LogP contribution >= 0.6 is 0 Å². The smallest absolute Gasteiger partial charge is 0.266 e. The first-order valence-electron chi connectivity index (χ1n) is 9.98. The van der Waals surface area contributed by atoms with E-state index in [0.717, 1.165) is 45.8 Å². The summed E-state index contributed by atoms with van der Waals surface area (Å²) >= 11 is 0. The lowest BCUT2D eigenvalue weighted by Crippen LogP contribution is -2.41. The summed E-state index contributed by atoms with van der Waals surface area (Å²) in [6, 6.07) is 15.0. The van der Waals surface area contributed by atoms with Gasteiger partial charge < -0.3 is 0 Å². The summed E-state index contributed by atoms with van der Waals surface area (Å²) in [6.07, 6.45) is 5.47. The summed E-state index contributed by atoms with van der Waals surface area (Å²) in [7, 11) is -3.83. The normalized spacial score (nSPS) is 16.3. The Kier molecular flexibility index (Phi) is 5.11. The summed E-state index contributed by atoms with van der Waals surface area (Å²) < 4.78 is 27.3. The Morgan fingerprint density at radius 2 is 1.71 bits per heavy atom. The lowest BCUT2D eigenvalue weighted by molar-refractivity contribution is -0.123. The van der Waals surface area contributed by atoms with Crippen LogP contribution in [0.4, 0.5) is 0 Å². The molecule has 0 bridgehead atoms. The molecule has 1 heterocycles. The van der Waals surface area contributed by atoms with Gasteiger partial charge in [0.1, 0.15) is 0 Å². The van der Waals surface area contributed by atoms with E-state index in [-0.39, 0.29) is 17.3 Å². The summed E-state index contributed by atoms with van der Waals surface area (Å²) in [5.41, 5.74) is 4.98. The first kappa shape index (κ1) is 18.9. The second-order valence-electron chi connectivity index (χ2n) is 7.52. The zero-order chi connectivity index (χ0) is 19.7. The Morgan fingerprint density at radius 3 is 2.46 bits per heavy atom. The maximum Gasteiger partial charge on any atom is 0.266 e. The molecule has 2 aromatic carbocycles. The number of amides is 1. The van der Waals surface area contributed by atoms with Crippen molar-refractivity contribution in [3.05, 3.63) is 70.8 Å². The van der Waals surface area contributed by atoms with E-state index >= 15 is 0 Å². The van der Waals surface area contributed by atoms with Crippen molar-refractivity contribution < 1.29 is 13.2 Å². The summed E-state index contributed by atoms with van der Waals surface area (Å²) in [4.78, 5) is 13.2. The minimum absolute atomic E-state index is 0.194. The van der Waals surface area contributed by atoms with Crippen LogP contribution in [0.5, 0.6) is 0 Å². The van der Waals surface area contributed by atoms with Crippen molar-refractivity contribution in [1.82, 2.24) is 4.31 Å². The number of rotatable bonds is 6. The van der Waals surface area contributed by atoms with Crippen molar-refractivity contribution in [2.45, 2.75) is 50.3 Å². The van der Waals surface area contributed by atoms with Gasteiger partial charge in [-0.05, 0) is 53.7 Å². The highest BCUT2D eigenvalue weighted by atomic mass is 32.2. The predicted molar refractivity (Wildman–Crippen MR) is 110 cm³/mol. The fraction of sp³-hybridized carbons (Fsp3) is 0.348. The van der Waals surface area contributed by atoms with E-state index in [1.54, 1.807) is 12.1 Å². The third-order valence-corrected chi connectivity index (χ3v) is 7.50. The fourth-order valence-electron chi connectivity index (χ4n) is 4.15. The van der Waals surface area contributed by atoms with Crippen molar-refractivity contribution in [2.75, 3.05) is 6.54 Å². The summed E-state index contributed by atoms with van der Waals surface area (Å²) in [6.45, 7) is 2.36. The highest BCUT2D eigenvalue weighted by Crippen LogP contribution is 2.39. The Morgan fingerprint density at radius 1 is 0.964 bits per heavy atom. The van der Waals surface area contributed by atoms with E-state index in [1.807, 2.05) is 36.4 Å². The summed E-state index contributed by atoms with van der Waals surface area (Å²) in [5, 5.41) is 0. The number of fused-ring (bicyclic) bond motifs is 2. The van der Waals surface area contributed by atoms with Gasteiger partial charge in [0, 0.05) is 18.5 Å². The number of sulfonamides is 1. The Hall–Kier alpha value is -2.40. The lowest BCUT2D eigenvalue weighted by atomic mass is 10.00. The molecule has 0 N–H and O–H groups in total. The first-order valence-corrected chi connectivity index (χ1v) is 11.4. The molecule has 2 aromatic rings. The topological polar surface area (TPSA) is 54.5 Å². The standard InChI is InChI=1S/C23H25NO3S/c1-2-3-4-7-17-10-12-19(13-11-17)28(26,27)24-15-14-21-20-9-6-5-8-18(20)16-22(21)23(24)25/h5-6,8-13H,2-4,7,14-16H2,1H3. The highest BCUT2D eigenvalue weighted by Gasteiger charge is 2.38. The second kappa shape index (κ2) is 7.55. The SMILES string of the molecule is CCCCCc1ccc(S(=O)(=O)N2CCC3=C(Cc4ccccc43)C2=O)cc1. The molecule has 0 atom stereocenters. The maximum atomic E-state index is 13.1. The number of carbonyl (C=O) groups is 1. The molecule has 4 rings (SSSR count). The molecule has 1 amide bonds. The van der Waals surface area contributed by atoms with E-state index in [9.17, 15) is 13.2 Å². The van der Waals surface area contributed by atoms with Crippen molar-refractivity contribution in [2.24, 2.45) is 0 Å². The monoisotopic (exact) mass is 395 g/mol. The Labute approximate surface area is 166 Å². The largest absolute Gasteiger partial charge is 0.268 e. The number of benzene rings is 2. The molecule has 0 radical (unpaired) electrons. The third kappa shape index (κ3) is 3.28. The molecule has 5 heteroatoms. The highest BCUT2D eigenvalue weighted by molar-refractivity contribution is 7.89. The van der Waals surface area contributed by atoms with Crippen LogP contribution in [-0.2, 0) is 27.7 Å². The van der Waals surface area contributed by atoms with E-state index in [0.29, 0.717) is 18.4 Å². The van der Waals surface area contributed by atoms with Crippen LogP contribution < -0.4 is 0 Å². The van der Waals surface area contributed by atoms with Crippen molar-refractivity contribution >= 4 is 21.5 Å². The Bertz CT molecular complexity index is 1040. The zero-order valence-corrected chi connectivity index (χ0v) is 17.0. The molecule has 0 aromatic heterocycles. The molecule has 1 aliphatic carbocycles. The van der Waals surface area contributed by atoms with Crippen molar-refractivity contribution in [3.63, 3.8) is 0 Å². The molecule has 0 fully saturated rings. The molecule has 146 valence electrons. The number of nitrogens with zero attached hydrogens (tertiary/aromatic N) is 1. The van der Waals surface area contributed by atoms with Crippen LogP contribution in [0, 0.1) is 0 Å². The molecular formula is C23H25NO3S. The van der Waals surface area contributed by atoms with Crippen molar-refractivity contribution in [3.8, 4) is 0 Å². The molecular weight excluding hydrogens is 370 g/mol. The van der Waals surface area contributed by atoms with Crippen LogP contribution in [0.25, 0.3) is 5.57 Å². The van der Waals surface area contributed by atoms with Crippen LogP contribution in [0.3, 0.4) is 0 Å². The number of unbranched alkanes of at least 4 members (excludes halogenated alkanes) is 2. The molecule has 28 heavy (non-hydrogen) atoms. The zero-order valence-electron chi connectivity index (χ0n) is 16.1. The molecule has 1 aliphatic heterocycles. The van der Waals surface area contributed by atoms with E-state index in [1.165, 1.54) is 6.42 Å². The van der Waals surface area contributed by atoms with Crippen LogP contribution in [0.2, 0.25) is 0 Å². The number of hydrogen-bond donors (Lipinski definition) is 0. The van der Waals surface area contributed by atoms with E-state index in [2.05, 4.69) is 6.92 Å². The first-order chi connectivity index (χ1) is 13.5. The van der Waals surface area contributed by atoms with Gasteiger partial charge in [-0.2, -0.15) is 0 Å². The fourth-order valence-corrected chi connectivity index (χ4v) is 5.54. The van der Waals surface area contributed by atoms with Crippen LogP contribution in [-0.4, -0.2) is 25.2 Å². The number of hydrogen-bond acceptors (Lipinski definition) is 3. The van der Waals surface area contributed by atoms with Gasteiger partial charge in [-0.1, -0.05) is 56.2 Å². The Balaban J connectivity index is 1.56. The van der Waals surface area contributed by atoms with Gasteiger partial charge in [0.15, 0.2) is 0 Å². The second-order valence-corrected chi connectivity index (χ2v) is 9.39. The quantitative estimate of drug-likeness (QED) is 0.683. The molecule has 4 nitrogen and oxygen atoms in total. The van der Waals surface area contributed by atoms with Gasteiger partial charge >= 0.3 is 0 Å². The van der Waals surface area contributed by atoms with Crippen LogP contribution in [0.15, 0.2) is 59.0 Å². The van der Waals surface area contributed by atoms with Gasteiger partial charge in [0.2, 0.25) is 0 Å². The van der Waals surface area contributed by atoms with Crippen molar-refractivity contribution in [1.29, 1.82) is 0 Å². The average Bonchev–Trinajstić information content (AvgIpc) is 3.08. The molecule has 2 aliphatic rings. The van der Waals surface area contributed by atoms with Gasteiger partial charge in [0.05, 0.1) is 4.90 Å². The van der Waals surface area contributed by atoms with Gasteiger partial charge in [-0.15, -0.1) is 0 Å². The molecule has 0 unspecified atom stereocenters. The predicted octanol–water partition coefficient (Wildman–Crippen LogP) is 4.35. The number of carbonyl (C=O) groups excluding carboxylic acids is 1. The van der Waals surface area contributed by atoms with E-state index in [4.69, 9.17) is 0 Å². The van der Waals surface area contributed by atoms with Gasteiger partial charge in [-0.3, -0.25) is 4.79 Å². The minimum Gasteiger partial charge on any atom is -0.268 e. The molecule has 0 spiro atoms. The number of aryl methyl sites for hydroxylation is 1. The van der Waals surface area contributed by atoms with Gasteiger partial charge in [-0.25, -0.2) is 12.7 Å². The maximum absolute atomic E-state index is 13.1. The average molecular weight is 396 g/mol. The minimum atomic E-state index is -3.83. The third-order valence-electron chi connectivity index (χ3n) is 5.70. The summed E-state index contributed by atoms with van der Waals surface area (Å²) in [5.74, 6) is -0.371. The van der Waals surface area contributed by atoms with Gasteiger partial charge in [0.25, 0.3) is 15.9 Å². The van der Waals surface area contributed by atoms with Crippen LogP contribution in [0.1, 0.15) is 49.3 Å². The lowest BCUT2D eigenvalue weighted by Gasteiger charge is -2.27. The molecule has 0 saturated heterocycles. The van der Waals surface area contributed by atoms with E-state index < -0.39 is 10.0 Å².